The van der Waals surface area contributed by atoms with E-state index in [1.807, 2.05) is 13.0 Å². The van der Waals surface area contributed by atoms with Crippen molar-refractivity contribution >= 4 is 23.0 Å². The fourth-order valence-corrected chi connectivity index (χ4v) is 4.16. The summed E-state index contributed by atoms with van der Waals surface area (Å²) < 4.78 is 21.9. The van der Waals surface area contributed by atoms with Gasteiger partial charge in [0.2, 0.25) is 5.95 Å². The molecule has 0 saturated carbocycles. The smallest absolute Gasteiger partial charge is 0.229 e. The zero-order chi connectivity index (χ0) is 22.2. The number of hydrogen-bond acceptors (Lipinski definition) is 7. The number of rotatable bonds is 4. The van der Waals surface area contributed by atoms with Crippen LogP contribution in [-0.2, 0) is 5.60 Å². The Labute approximate surface area is 182 Å². The lowest BCUT2D eigenvalue weighted by Gasteiger charge is -2.33. The van der Waals surface area contributed by atoms with Crippen molar-refractivity contribution in [3.05, 3.63) is 40.8 Å². The molecule has 0 fully saturated rings. The van der Waals surface area contributed by atoms with Crippen LogP contribution in [0.2, 0.25) is 0 Å². The summed E-state index contributed by atoms with van der Waals surface area (Å²) in [7, 11) is 3.83. The van der Waals surface area contributed by atoms with Crippen molar-refractivity contribution in [1.29, 1.82) is 0 Å². The van der Waals surface area contributed by atoms with E-state index in [9.17, 15) is 5.11 Å². The van der Waals surface area contributed by atoms with E-state index in [4.69, 9.17) is 4.74 Å². The van der Waals surface area contributed by atoms with Crippen LogP contribution in [0.4, 0.5) is 21.8 Å². The van der Waals surface area contributed by atoms with E-state index in [0.717, 1.165) is 37.2 Å². The molecule has 3 heterocycles. The molecular formula is C23H30FN5O2. The van der Waals surface area contributed by atoms with Crippen LogP contribution in [0.25, 0.3) is 5.57 Å². The summed E-state index contributed by atoms with van der Waals surface area (Å²) in [5, 5.41) is 17.1. The molecule has 2 aromatic rings. The van der Waals surface area contributed by atoms with E-state index in [-0.39, 0.29) is 5.69 Å². The molecule has 166 valence electrons. The van der Waals surface area contributed by atoms with Crippen molar-refractivity contribution in [2.24, 2.45) is 0 Å². The van der Waals surface area contributed by atoms with Gasteiger partial charge in [0.05, 0.1) is 23.5 Å². The molecule has 4 rings (SSSR count). The molecule has 3 N–H and O–H groups in total. The number of likely N-dealkylation sites (N-methyl/N-ethyl adjacent to an activating group) is 1. The predicted molar refractivity (Wildman–Crippen MR) is 120 cm³/mol. The maximum atomic E-state index is 15.9. The van der Waals surface area contributed by atoms with Gasteiger partial charge in [-0.3, -0.25) is 0 Å². The Bertz CT molecular complexity index is 1020. The van der Waals surface area contributed by atoms with Gasteiger partial charge < -0.3 is 25.4 Å². The van der Waals surface area contributed by atoms with Gasteiger partial charge in [-0.25, -0.2) is 9.37 Å². The molecule has 2 aliphatic heterocycles. The van der Waals surface area contributed by atoms with Crippen LogP contribution < -0.4 is 15.4 Å². The zero-order valence-corrected chi connectivity index (χ0v) is 18.5. The van der Waals surface area contributed by atoms with E-state index in [0.29, 0.717) is 41.7 Å². The summed E-state index contributed by atoms with van der Waals surface area (Å²) in [5.41, 5.74) is 1.78. The summed E-state index contributed by atoms with van der Waals surface area (Å²) in [4.78, 5) is 11.0. The van der Waals surface area contributed by atoms with Gasteiger partial charge in [-0.2, -0.15) is 4.98 Å². The highest BCUT2D eigenvalue weighted by Gasteiger charge is 2.36. The van der Waals surface area contributed by atoms with Gasteiger partial charge in [-0.1, -0.05) is 6.08 Å². The Morgan fingerprint density at radius 3 is 2.87 bits per heavy atom. The van der Waals surface area contributed by atoms with Crippen molar-refractivity contribution < 1.29 is 14.2 Å². The molecule has 31 heavy (non-hydrogen) atoms. The summed E-state index contributed by atoms with van der Waals surface area (Å²) in [6.07, 6.45) is 4.17. The monoisotopic (exact) mass is 427 g/mol. The first-order chi connectivity index (χ1) is 14.8. The van der Waals surface area contributed by atoms with Crippen LogP contribution in [0, 0.1) is 12.7 Å². The van der Waals surface area contributed by atoms with E-state index in [1.165, 1.54) is 0 Å². The van der Waals surface area contributed by atoms with Crippen LogP contribution in [0.1, 0.15) is 43.0 Å². The quantitative estimate of drug-likeness (QED) is 0.684. The minimum Gasteiger partial charge on any atom is -0.492 e. The van der Waals surface area contributed by atoms with Crippen LogP contribution in [0.5, 0.6) is 5.75 Å². The average molecular weight is 428 g/mol. The van der Waals surface area contributed by atoms with Crippen LogP contribution in [0.15, 0.2) is 18.2 Å². The lowest BCUT2D eigenvalue weighted by atomic mass is 9.85. The second-order valence-corrected chi connectivity index (χ2v) is 8.55. The van der Waals surface area contributed by atoms with E-state index >= 15 is 4.39 Å². The number of hydrogen-bond donors (Lipinski definition) is 3. The zero-order valence-electron chi connectivity index (χ0n) is 18.5. The molecule has 1 atom stereocenters. The minimum absolute atomic E-state index is 0.227. The Morgan fingerprint density at radius 1 is 1.29 bits per heavy atom. The highest BCUT2D eigenvalue weighted by molar-refractivity contribution is 5.78. The van der Waals surface area contributed by atoms with Gasteiger partial charge in [-0.15, -0.1) is 0 Å². The second kappa shape index (κ2) is 8.43. The molecular weight excluding hydrogens is 397 g/mol. The normalized spacial score (nSPS) is 21.5. The summed E-state index contributed by atoms with van der Waals surface area (Å²) in [5.74, 6) is 0.957. The van der Waals surface area contributed by atoms with Crippen molar-refractivity contribution in [1.82, 2.24) is 14.9 Å². The lowest BCUT2D eigenvalue weighted by molar-refractivity contribution is 0.0144. The topological polar surface area (TPSA) is 82.5 Å². The molecule has 0 radical (unpaired) electrons. The number of nitrogens with zero attached hydrogens (tertiary/aromatic N) is 3. The van der Waals surface area contributed by atoms with Crippen molar-refractivity contribution in [2.45, 2.75) is 38.7 Å². The summed E-state index contributed by atoms with van der Waals surface area (Å²) >= 11 is 0. The third-order valence-electron chi connectivity index (χ3n) is 5.95. The Hall–Kier alpha value is -2.71. The largest absolute Gasteiger partial charge is 0.492 e. The molecule has 1 aromatic carbocycles. The van der Waals surface area contributed by atoms with Crippen LogP contribution in [-0.4, -0.2) is 53.8 Å². The van der Waals surface area contributed by atoms with Gasteiger partial charge in [0.15, 0.2) is 5.82 Å². The number of aliphatic hydroxyl groups is 1. The van der Waals surface area contributed by atoms with E-state index in [1.54, 1.807) is 20.0 Å². The van der Waals surface area contributed by atoms with Crippen molar-refractivity contribution in [3.8, 4) is 5.75 Å². The molecule has 0 saturated heterocycles. The molecule has 0 spiro atoms. The molecule has 0 aliphatic carbocycles. The number of benzene rings is 1. The van der Waals surface area contributed by atoms with Crippen molar-refractivity contribution in [3.63, 3.8) is 0 Å². The van der Waals surface area contributed by atoms with Gasteiger partial charge >= 0.3 is 0 Å². The van der Waals surface area contributed by atoms with Crippen molar-refractivity contribution in [2.75, 3.05) is 44.4 Å². The molecule has 0 unspecified atom stereocenters. The molecule has 1 aromatic heterocycles. The standard InChI is InChI=1S/C23H30FN5O2/c1-14-12-18(25-3)28-22(26-14)27-17-13-16-21(31-11-8-23(16,2)30)19(20(17)24)15-6-5-9-29(4)10-7-15/h7,12-13,30H,5-6,8-11H2,1-4H3,(H2,25,26,27,28)/t23-/m1/s1. The minimum atomic E-state index is -1.11. The number of aryl methyl sites for hydroxylation is 1. The average Bonchev–Trinajstić information content (AvgIpc) is 2.93. The first kappa shape index (κ1) is 21.5. The maximum Gasteiger partial charge on any atom is 0.229 e. The number of ether oxygens (including phenoxy) is 1. The molecule has 8 heteroatoms. The SMILES string of the molecule is CNc1cc(C)nc(Nc2cc3c(c(C4=CCN(C)CCC4)c2F)OCC[C@@]3(C)O)n1. The number of nitrogens with one attached hydrogen (secondary N) is 2. The third-order valence-corrected chi connectivity index (χ3v) is 5.95. The molecule has 2 aliphatic rings. The number of halogens is 1. The van der Waals surface area contributed by atoms with Gasteiger partial charge in [0.1, 0.15) is 11.6 Å². The Balaban J connectivity index is 1.86. The lowest BCUT2D eigenvalue weighted by Crippen LogP contribution is -2.30. The Morgan fingerprint density at radius 2 is 2.10 bits per heavy atom. The fraction of sp³-hybridized carbons (Fsp3) is 0.478. The van der Waals surface area contributed by atoms with Gasteiger partial charge in [-0.05, 0) is 51.9 Å². The van der Waals surface area contributed by atoms with Crippen LogP contribution >= 0.6 is 0 Å². The Kier molecular flexibility index (Phi) is 5.85. The first-order valence-electron chi connectivity index (χ1n) is 10.7. The molecule has 0 bridgehead atoms. The van der Waals surface area contributed by atoms with E-state index in [2.05, 4.69) is 38.6 Å². The van der Waals surface area contributed by atoms with E-state index < -0.39 is 11.4 Å². The predicted octanol–water partition coefficient (Wildman–Crippen LogP) is 3.81. The third kappa shape index (κ3) is 4.36. The number of anilines is 3. The maximum absolute atomic E-state index is 15.9. The molecule has 7 nitrogen and oxygen atoms in total. The van der Waals surface area contributed by atoms with Gasteiger partial charge in [0, 0.05) is 37.3 Å². The van der Waals surface area contributed by atoms with Crippen LogP contribution in [0.3, 0.4) is 0 Å². The number of allylic oxidation sites excluding steroid dienone is 1. The fourth-order valence-electron chi connectivity index (χ4n) is 4.16. The highest BCUT2D eigenvalue weighted by Crippen LogP contribution is 2.46. The van der Waals surface area contributed by atoms with Gasteiger partial charge in [0.25, 0.3) is 0 Å². The summed E-state index contributed by atoms with van der Waals surface area (Å²) in [6, 6.07) is 3.44. The first-order valence-corrected chi connectivity index (χ1v) is 10.7. The summed E-state index contributed by atoms with van der Waals surface area (Å²) in [6.45, 7) is 5.64. The number of fused-ring (bicyclic) bond motifs is 1. The highest BCUT2D eigenvalue weighted by atomic mass is 19.1. The number of aromatic nitrogens is 2. The molecule has 0 amide bonds. The second-order valence-electron chi connectivity index (χ2n) is 8.55.